The molecule has 1 N–H and O–H groups in total. The first kappa shape index (κ1) is 15.6. The molecule has 7 heteroatoms. The van der Waals surface area contributed by atoms with Crippen molar-refractivity contribution < 1.29 is 9.90 Å². The molecule has 122 valence electrons. The van der Waals surface area contributed by atoms with Gasteiger partial charge in [0.2, 0.25) is 0 Å². The molecule has 0 bridgehead atoms. The molecule has 0 saturated carbocycles. The number of aliphatic hydroxyl groups is 1. The molecular formula is C16H21N5O2. The van der Waals surface area contributed by atoms with Crippen molar-refractivity contribution in [2.45, 2.75) is 6.54 Å². The largest absolute Gasteiger partial charge is 0.395 e. The van der Waals surface area contributed by atoms with Crippen molar-refractivity contribution in [3.05, 3.63) is 48.0 Å². The Bertz CT molecular complexity index is 618. The van der Waals surface area contributed by atoms with Crippen LogP contribution in [0.5, 0.6) is 0 Å². The summed E-state index contributed by atoms with van der Waals surface area (Å²) in [6.45, 7) is 4.54. The molecule has 0 spiro atoms. The van der Waals surface area contributed by atoms with E-state index in [0.29, 0.717) is 31.7 Å². The minimum atomic E-state index is 0.0703. The summed E-state index contributed by atoms with van der Waals surface area (Å²) >= 11 is 0. The summed E-state index contributed by atoms with van der Waals surface area (Å²) in [7, 11) is 0. The minimum Gasteiger partial charge on any atom is -0.395 e. The van der Waals surface area contributed by atoms with E-state index in [1.807, 2.05) is 29.2 Å². The average Bonchev–Trinajstić information content (AvgIpc) is 3.09. The van der Waals surface area contributed by atoms with Crippen LogP contribution >= 0.6 is 0 Å². The quantitative estimate of drug-likeness (QED) is 0.845. The third-order valence-electron chi connectivity index (χ3n) is 4.09. The molecule has 1 amide bonds. The number of benzene rings is 1. The van der Waals surface area contributed by atoms with Crippen LogP contribution in [-0.4, -0.2) is 74.9 Å². The number of carbonyl (C=O) groups excluding carboxylic acids is 1. The Morgan fingerprint density at radius 3 is 2.48 bits per heavy atom. The fraction of sp³-hybridized carbons (Fsp3) is 0.438. The lowest BCUT2D eigenvalue weighted by Gasteiger charge is -2.34. The van der Waals surface area contributed by atoms with Crippen LogP contribution in [0.3, 0.4) is 0 Å². The molecule has 1 aromatic heterocycles. The van der Waals surface area contributed by atoms with Crippen LogP contribution in [0.4, 0.5) is 0 Å². The molecule has 1 fully saturated rings. The highest BCUT2D eigenvalue weighted by Crippen LogP contribution is 2.11. The Hall–Kier alpha value is -2.25. The van der Waals surface area contributed by atoms with Crippen molar-refractivity contribution in [1.82, 2.24) is 24.6 Å². The van der Waals surface area contributed by atoms with Crippen molar-refractivity contribution in [3.8, 4) is 0 Å². The molecule has 0 radical (unpaired) electrons. The molecule has 7 nitrogen and oxygen atoms in total. The molecule has 3 rings (SSSR count). The molecule has 2 heterocycles. The number of hydrogen-bond donors (Lipinski definition) is 1. The first-order chi connectivity index (χ1) is 11.3. The van der Waals surface area contributed by atoms with Gasteiger partial charge in [0.1, 0.15) is 12.7 Å². The third-order valence-corrected chi connectivity index (χ3v) is 4.09. The molecule has 0 unspecified atom stereocenters. The highest BCUT2D eigenvalue weighted by molar-refractivity contribution is 5.94. The Balaban J connectivity index is 1.57. The van der Waals surface area contributed by atoms with E-state index < -0.39 is 0 Å². The van der Waals surface area contributed by atoms with Gasteiger partial charge >= 0.3 is 0 Å². The van der Waals surface area contributed by atoms with Gasteiger partial charge in [-0.15, -0.1) is 0 Å². The second-order valence-electron chi connectivity index (χ2n) is 5.65. The monoisotopic (exact) mass is 315 g/mol. The number of piperazine rings is 1. The number of hydrogen-bond acceptors (Lipinski definition) is 5. The zero-order chi connectivity index (χ0) is 16.1. The fourth-order valence-electron chi connectivity index (χ4n) is 2.75. The van der Waals surface area contributed by atoms with Crippen molar-refractivity contribution in [3.63, 3.8) is 0 Å². The van der Waals surface area contributed by atoms with Crippen molar-refractivity contribution in [1.29, 1.82) is 0 Å². The van der Waals surface area contributed by atoms with Crippen molar-refractivity contribution in [2.24, 2.45) is 0 Å². The molecule has 0 atom stereocenters. The van der Waals surface area contributed by atoms with Gasteiger partial charge in [-0.2, -0.15) is 5.10 Å². The molecule has 2 aromatic rings. The van der Waals surface area contributed by atoms with Gasteiger partial charge in [0.15, 0.2) is 0 Å². The molecule has 1 saturated heterocycles. The summed E-state index contributed by atoms with van der Waals surface area (Å²) in [5.41, 5.74) is 1.79. The Morgan fingerprint density at radius 1 is 1.13 bits per heavy atom. The lowest BCUT2D eigenvalue weighted by molar-refractivity contribution is 0.0615. The van der Waals surface area contributed by atoms with Gasteiger partial charge in [-0.3, -0.25) is 9.69 Å². The number of aromatic nitrogens is 3. The number of nitrogens with zero attached hydrogens (tertiary/aromatic N) is 5. The van der Waals surface area contributed by atoms with Gasteiger partial charge < -0.3 is 10.0 Å². The van der Waals surface area contributed by atoms with E-state index >= 15 is 0 Å². The number of carbonyl (C=O) groups is 1. The number of β-amino-alcohol motifs (C(OH)–C–C–N with tert-alkyl or cyclic N) is 1. The van der Waals surface area contributed by atoms with Crippen LogP contribution in [0.1, 0.15) is 15.9 Å². The summed E-state index contributed by atoms with van der Waals surface area (Å²) in [6, 6.07) is 7.65. The van der Waals surface area contributed by atoms with E-state index in [0.717, 1.165) is 18.7 Å². The van der Waals surface area contributed by atoms with Gasteiger partial charge in [0, 0.05) is 38.3 Å². The van der Waals surface area contributed by atoms with E-state index in [4.69, 9.17) is 5.11 Å². The van der Waals surface area contributed by atoms with E-state index in [-0.39, 0.29) is 12.5 Å². The number of amides is 1. The first-order valence-electron chi connectivity index (χ1n) is 7.80. The maximum absolute atomic E-state index is 12.5. The van der Waals surface area contributed by atoms with Gasteiger partial charge in [-0.1, -0.05) is 12.1 Å². The number of rotatable bonds is 5. The second kappa shape index (κ2) is 7.34. The third kappa shape index (κ3) is 3.94. The molecule has 1 aliphatic rings. The van der Waals surface area contributed by atoms with Crippen LogP contribution in [0.2, 0.25) is 0 Å². The van der Waals surface area contributed by atoms with Gasteiger partial charge in [-0.05, 0) is 17.7 Å². The normalized spacial score (nSPS) is 15.8. The standard InChI is InChI=1S/C16H21N5O2/c22-10-9-19-5-7-20(8-6-19)16(23)15-3-1-14(2-4-15)11-21-13-17-12-18-21/h1-4,12-13,22H,5-11H2. The Labute approximate surface area is 135 Å². The van der Waals surface area contributed by atoms with Crippen LogP contribution < -0.4 is 0 Å². The van der Waals surface area contributed by atoms with Crippen molar-refractivity contribution >= 4 is 5.91 Å². The Morgan fingerprint density at radius 2 is 1.87 bits per heavy atom. The molecule has 1 aromatic carbocycles. The van der Waals surface area contributed by atoms with E-state index in [9.17, 15) is 4.79 Å². The summed E-state index contributed by atoms with van der Waals surface area (Å²) in [4.78, 5) is 20.5. The summed E-state index contributed by atoms with van der Waals surface area (Å²) in [5.74, 6) is 0.0703. The second-order valence-corrected chi connectivity index (χ2v) is 5.65. The summed E-state index contributed by atoms with van der Waals surface area (Å²) in [6.07, 6.45) is 3.18. The molecule has 23 heavy (non-hydrogen) atoms. The lowest BCUT2D eigenvalue weighted by atomic mass is 10.1. The maximum atomic E-state index is 12.5. The van der Waals surface area contributed by atoms with Crippen LogP contribution in [0, 0.1) is 0 Å². The van der Waals surface area contributed by atoms with Crippen LogP contribution in [0.15, 0.2) is 36.9 Å². The zero-order valence-electron chi connectivity index (χ0n) is 13.0. The highest BCUT2D eigenvalue weighted by atomic mass is 16.3. The van der Waals surface area contributed by atoms with Gasteiger partial charge in [0.25, 0.3) is 5.91 Å². The smallest absolute Gasteiger partial charge is 0.253 e. The fourth-order valence-corrected chi connectivity index (χ4v) is 2.75. The summed E-state index contributed by atoms with van der Waals surface area (Å²) in [5, 5.41) is 13.0. The van der Waals surface area contributed by atoms with E-state index in [1.165, 1.54) is 6.33 Å². The van der Waals surface area contributed by atoms with Crippen molar-refractivity contribution in [2.75, 3.05) is 39.3 Å². The number of aliphatic hydroxyl groups excluding tert-OH is 1. The van der Waals surface area contributed by atoms with Crippen LogP contribution in [0.25, 0.3) is 0 Å². The maximum Gasteiger partial charge on any atom is 0.253 e. The van der Waals surface area contributed by atoms with E-state index in [1.54, 1.807) is 11.0 Å². The topological polar surface area (TPSA) is 74.5 Å². The van der Waals surface area contributed by atoms with Gasteiger partial charge in [0.05, 0.1) is 13.2 Å². The van der Waals surface area contributed by atoms with Gasteiger partial charge in [-0.25, -0.2) is 9.67 Å². The first-order valence-corrected chi connectivity index (χ1v) is 7.80. The van der Waals surface area contributed by atoms with Crippen LogP contribution in [-0.2, 0) is 6.54 Å². The lowest BCUT2D eigenvalue weighted by Crippen LogP contribution is -2.49. The molecule has 0 aliphatic carbocycles. The SMILES string of the molecule is O=C(c1ccc(Cn2cncn2)cc1)N1CCN(CCO)CC1. The minimum absolute atomic E-state index is 0.0703. The van der Waals surface area contributed by atoms with E-state index in [2.05, 4.69) is 15.0 Å². The highest BCUT2D eigenvalue weighted by Gasteiger charge is 2.21. The molecular weight excluding hydrogens is 294 g/mol. The zero-order valence-corrected chi connectivity index (χ0v) is 13.0. The predicted molar refractivity (Wildman–Crippen MR) is 85.0 cm³/mol. The summed E-state index contributed by atoms with van der Waals surface area (Å²) < 4.78 is 1.75. The average molecular weight is 315 g/mol. The molecule has 1 aliphatic heterocycles. The predicted octanol–water partition coefficient (Wildman–Crippen LogP) is 0.0765. The Kier molecular flexibility index (Phi) is 4.99.